The van der Waals surface area contributed by atoms with Crippen molar-refractivity contribution in [3.05, 3.63) is 29.8 Å². The number of amides is 1. The zero-order valence-electron chi connectivity index (χ0n) is 8.90. The van der Waals surface area contributed by atoms with Crippen LogP contribution in [0.4, 0.5) is 5.69 Å². The van der Waals surface area contributed by atoms with Crippen LogP contribution in [0.15, 0.2) is 24.3 Å². The quantitative estimate of drug-likeness (QED) is 0.787. The zero-order valence-corrected chi connectivity index (χ0v) is 9.72. The summed E-state index contributed by atoms with van der Waals surface area (Å²) in [5.74, 6) is 0.292. The smallest absolute Gasteiger partial charge is 0.227 e. The maximum atomic E-state index is 11.7. The third-order valence-electron chi connectivity index (χ3n) is 2.89. The highest BCUT2D eigenvalue weighted by molar-refractivity contribution is 7.80. The molecule has 1 fully saturated rings. The molecule has 16 heavy (non-hydrogen) atoms. The number of nitrogens with two attached hydrogens (primary N) is 1. The highest BCUT2D eigenvalue weighted by Crippen LogP contribution is 2.27. The van der Waals surface area contributed by atoms with E-state index < -0.39 is 0 Å². The molecule has 3 N–H and O–H groups in total. The number of nitrogens with one attached hydrogen (secondary N) is 1. The Kier molecular flexibility index (Phi) is 3.19. The van der Waals surface area contributed by atoms with Crippen LogP contribution in [0.5, 0.6) is 0 Å². The summed E-state index contributed by atoms with van der Waals surface area (Å²) in [4.78, 5) is 12.0. The van der Waals surface area contributed by atoms with Crippen molar-refractivity contribution < 1.29 is 4.79 Å². The first-order valence-electron chi connectivity index (χ1n) is 5.37. The van der Waals surface area contributed by atoms with E-state index in [0.717, 1.165) is 30.5 Å². The Morgan fingerprint density at radius 1 is 1.44 bits per heavy atom. The molecule has 0 bridgehead atoms. The van der Waals surface area contributed by atoms with Gasteiger partial charge in [-0.1, -0.05) is 30.8 Å². The third-order valence-corrected chi connectivity index (χ3v) is 3.13. The summed E-state index contributed by atoms with van der Waals surface area (Å²) in [5, 5.41) is 2.88. The zero-order chi connectivity index (χ0) is 11.5. The molecule has 1 aromatic rings. The number of carbonyl (C=O) groups is 1. The average Bonchev–Trinajstić information content (AvgIpc) is 2.15. The van der Waals surface area contributed by atoms with Crippen molar-refractivity contribution in [3.8, 4) is 0 Å². The number of hydrogen-bond donors (Lipinski definition) is 2. The topological polar surface area (TPSA) is 55.1 Å². The minimum Gasteiger partial charge on any atom is -0.389 e. The molecule has 0 atom stereocenters. The number of anilines is 1. The van der Waals surface area contributed by atoms with Crippen molar-refractivity contribution in [2.75, 3.05) is 5.32 Å². The average molecular weight is 234 g/mol. The standard InChI is InChI=1S/C12H14N2OS/c13-11(16)9-5-2-6-10(7-9)14-12(15)8-3-1-4-8/h2,5-8H,1,3-4H2,(H2,13,16)(H,14,15). The van der Waals surface area contributed by atoms with Crippen LogP contribution in [0, 0.1) is 5.92 Å². The molecule has 3 nitrogen and oxygen atoms in total. The van der Waals surface area contributed by atoms with Crippen molar-refractivity contribution >= 4 is 28.8 Å². The number of rotatable bonds is 3. The Morgan fingerprint density at radius 2 is 2.19 bits per heavy atom. The summed E-state index contributed by atoms with van der Waals surface area (Å²) in [6.07, 6.45) is 3.16. The van der Waals surface area contributed by atoms with Gasteiger partial charge < -0.3 is 11.1 Å². The summed E-state index contributed by atoms with van der Waals surface area (Å²) in [5.41, 5.74) is 7.07. The summed E-state index contributed by atoms with van der Waals surface area (Å²) in [7, 11) is 0. The molecule has 0 radical (unpaired) electrons. The van der Waals surface area contributed by atoms with Gasteiger partial charge >= 0.3 is 0 Å². The first kappa shape index (κ1) is 11.1. The summed E-state index contributed by atoms with van der Waals surface area (Å²) in [6.45, 7) is 0. The van der Waals surface area contributed by atoms with Crippen LogP contribution in [0.3, 0.4) is 0 Å². The lowest BCUT2D eigenvalue weighted by Crippen LogP contribution is -2.28. The lowest BCUT2D eigenvalue weighted by molar-refractivity contribution is -0.122. The minimum absolute atomic E-state index is 0.103. The number of benzene rings is 1. The first-order chi connectivity index (χ1) is 7.66. The number of thiocarbonyl (C=S) groups is 1. The second-order valence-corrected chi connectivity index (χ2v) is 4.50. The van der Waals surface area contributed by atoms with E-state index in [-0.39, 0.29) is 11.8 Å². The van der Waals surface area contributed by atoms with Gasteiger partial charge in [-0.2, -0.15) is 0 Å². The SMILES string of the molecule is NC(=S)c1cccc(NC(=O)C2CCC2)c1. The maximum absolute atomic E-state index is 11.7. The second-order valence-electron chi connectivity index (χ2n) is 4.06. The van der Waals surface area contributed by atoms with E-state index >= 15 is 0 Å². The molecule has 1 aliphatic carbocycles. The van der Waals surface area contributed by atoms with Gasteiger partial charge in [-0.05, 0) is 25.0 Å². The van der Waals surface area contributed by atoms with Crippen LogP contribution in [-0.2, 0) is 4.79 Å². The van der Waals surface area contributed by atoms with E-state index in [4.69, 9.17) is 18.0 Å². The van der Waals surface area contributed by atoms with E-state index in [9.17, 15) is 4.79 Å². The maximum Gasteiger partial charge on any atom is 0.227 e. The van der Waals surface area contributed by atoms with Crippen molar-refractivity contribution in [2.24, 2.45) is 11.7 Å². The molecule has 0 aliphatic heterocycles. The van der Waals surface area contributed by atoms with Crippen LogP contribution in [-0.4, -0.2) is 10.9 Å². The molecule has 1 saturated carbocycles. The lowest BCUT2D eigenvalue weighted by atomic mass is 9.85. The van der Waals surface area contributed by atoms with Gasteiger partial charge in [0.1, 0.15) is 4.99 Å². The molecule has 1 amide bonds. The molecule has 0 saturated heterocycles. The van der Waals surface area contributed by atoms with Crippen LogP contribution in [0.25, 0.3) is 0 Å². The normalized spacial score (nSPS) is 15.2. The van der Waals surface area contributed by atoms with E-state index in [1.807, 2.05) is 18.2 Å². The van der Waals surface area contributed by atoms with Gasteiger partial charge in [-0.3, -0.25) is 4.79 Å². The summed E-state index contributed by atoms with van der Waals surface area (Å²) in [6, 6.07) is 7.32. The molecule has 2 rings (SSSR count). The Labute approximate surface area is 100 Å². The van der Waals surface area contributed by atoms with Crippen LogP contribution in [0.2, 0.25) is 0 Å². The lowest BCUT2D eigenvalue weighted by Gasteiger charge is -2.24. The van der Waals surface area contributed by atoms with Crippen molar-refractivity contribution in [2.45, 2.75) is 19.3 Å². The van der Waals surface area contributed by atoms with Crippen LogP contribution >= 0.6 is 12.2 Å². The van der Waals surface area contributed by atoms with E-state index in [1.54, 1.807) is 6.07 Å². The Bertz CT molecular complexity index is 427. The number of hydrogen-bond acceptors (Lipinski definition) is 2. The van der Waals surface area contributed by atoms with Gasteiger partial charge in [0.25, 0.3) is 0 Å². The fourth-order valence-electron chi connectivity index (χ4n) is 1.66. The molecular weight excluding hydrogens is 220 g/mol. The first-order valence-corrected chi connectivity index (χ1v) is 5.78. The fraction of sp³-hybridized carbons (Fsp3) is 0.333. The fourth-order valence-corrected chi connectivity index (χ4v) is 1.79. The van der Waals surface area contributed by atoms with Crippen molar-refractivity contribution in [1.29, 1.82) is 0 Å². The number of carbonyl (C=O) groups excluding carboxylic acids is 1. The van der Waals surface area contributed by atoms with Crippen LogP contribution in [0.1, 0.15) is 24.8 Å². The highest BCUT2D eigenvalue weighted by Gasteiger charge is 2.25. The second kappa shape index (κ2) is 4.61. The van der Waals surface area contributed by atoms with E-state index in [0.29, 0.717) is 4.99 Å². The van der Waals surface area contributed by atoms with Gasteiger partial charge in [0.2, 0.25) is 5.91 Å². The van der Waals surface area contributed by atoms with Gasteiger partial charge in [0.05, 0.1) is 0 Å². The molecular formula is C12H14N2OS. The minimum atomic E-state index is 0.103. The largest absolute Gasteiger partial charge is 0.389 e. The highest BCUT2D eigenvalue weighted by atomic mass is 32.1. The molecule has 0 spiro atoms. The van der Waals surface area contributed by atoms with Crippen molar-refractivity contribution in [3.63, 3.8) is 0 Å². The van der Waals surface area contributed by atoms with Gasteiger partial charge in [0.15, 0.2) is 0 Å². The Morgan fingerprint density at radius 3 is 2.75 bits per heavy atom. The Hall–Kier alpha value is -1.42. The van der Waals surface area contributed by atoms with E-state index in [2.05, 4.69) is 5.32 Å². The third kappa shape index (κ3) is 2.39. The van der Waals surface area contributed by atoms with Gasteiger partial charge in [-0.25, -0.2) is 0 Å². The Balaban J connectivity index is 2.05. The van der Waals surface area contributed by atoms with Crippen molar-refractivity contribution in [1.82, 2.24) is 0 Å². The molecule has 1 aromatic carbocycles. The van der Waals surface area contributed by atoms with Gasteiger partial charge in [0, 0.05) is 17.2 Å². The molecule has 84 valence electrons. The van der Waals surface area contributed by atoms with Gasteiger partial charge in [-0.15, -0.1) is 0 Å². The molecule has 4 heteroatoms. The summed E-state index contributed by atoms with van der Waals surface area (Å²) < 4.78 is 0. The molecule has 0 unspecified atom stereocenters. The monoisotopic (exact) mass is 234 g/mol. The van der Waals surface area contributed by atoms with Crippen LogP contribution < -0.4 is 11.1 Å². The molecule has 1 aliphatic rings. The molecule has 0 aromatic heterocycles. The summed E-state index contributed by atoms with van der Waals surface area (Å²) >= 11 is 4.89. The van der Waals surface area contributed by atoms with E-state index in [1.165, 1.54) is 0 Å². The predicted octanol–water partition coefficient (Wildman–Crippen LogP) is 2.06. The predicted molar refractivity (Wildman–Crippen MR) is 68.3 cm³/mol. The molecule has 0 heterocycles.